The van der Waals surface area contributed by atoms with Gasteiger partial charge in [0.1, 0.15) is 5.75 Å². The van der Waals surface area contributed by atoms with Crippen LogP contribution in [0.4, 0.5) is 0 Å². The Labute approximate surface area is 118 Å². The number of carboxylic acids is 1. The summed E-state index contributed by atoms with van der Waals surface area (Å²) in [5.74, 6) is -0.464. The number of hydrogen-bond acceptors (Lipinski definition) is 3. The number of methoxy groups -OCH3 is 1. The topological polar surface area (TPSA) is 63.6 Å². The van der Waals surface area contributed by atoms with Gasteiger partial charge in [-0.05, 0) is 56.4 Å². The number of aryl methyl sites for hydroxylation is 2. The zero-order valence-electron chi connectivity index (χ0n) is 12.1. The lowest BCUT2D eigenvalue weighted by Gasteiger charge is -2.13. The first kappa shape index (κ1) is 14.6. The van der Waals surface area contributed by atoms with Crippen LogP contribution in [0.25, 0.3) is 0 Å². The minimum Gasteiger partial charge on any atom is -0.496 e. The van der Waals surface area contributed by atoms with Crippen LogP contribution in [-0.4, -0.2) is 24.0 Å². The van der Waals surface area contributed by atoms with Crippen molar-refractivity contribution in [3.05, 3.63) is 28.8 Å². The van der Waals surface area contributed by atoms with Crippen molar-refractivity contribution in [2.24, 2.45) is 11.8 Å². The van der Waals surface area contributed by atoms with E-state index >= 15 is 0 Å². The van der Waals surface area contributed by atoms with E-state index in [0.717, 1.165) is 16.9 Å². The van der Waals surface area contributed by atoms with Crippen LogP contribution in [-0.2, 0) is 4.79 Å². The Hall–Kier alpha value is -1.84. The predicted molar refractivity (Wildman–Crippen MR) is 75.3 cm³/mol. The third kappa shape index (κ3) is 2.69. The standard InChI is InChI=1S/C16H20O4/c1-9-6-13(7-10(2)15(9)20-3)14(17)11-4-5-12(8-11)16(18)19/h6-7,11-12H,4-5,8H2,1-3H3,(H,18,19). The predicted octanol–water partition coefficient (Wildman–Crippen LogP) is 3.00. The normalized spacial score (nSPS) is 21.8. The second-order valence-corrected chi connectivity index (χ2v) is 5.55. The molecular formula is C16H20O4. The minimum atomic E-state index is -0.789. The molecule has 2 unspecified atom stereocenters. The van der Waals surface area contributed by atoms with Crippen molar-refractivity contribution in [3.63, 3.8) is 0 Å². The second kappa shape index (κ2) is 5.65. The average molecular weight is 276 g/mol. The molecule has 2 atom stereocenters. The molecule has 1 fully saturated rings. The molecule has 0 amide bonds. The van der Waals surface area contributed by atoms with Crippen molar-refractivity contribution in [2.45, 2.75) is 33.1 Å². The number of ketones is 1. The smallest absolute Gasteiger partial charge is 0.306 e. The maximum atomic E-state index is 12.5. The molecule has 1 saturated carbocycles. The second-order valence-electron chi connectivity index (χ2n) is 5.55. The third-order valence-corrected chi connectivity index (χ3v) is 4.10. The van der Waals surface area contributed by atoms with Gasteiger partial charge in [0.25, 0.3) is 0 Å². The Bertz CT molecular complexity index is 524. The number of benzene rings is 1. The first-order chi connectivity index (χ1) is 9.43. The van der Waals surface area contributed by atoms with Crippen LogP contribution in [0, 0.1) is 25.7 Å². The first-order valence-electron chi connectivity index (χ1n) is 6.86. The molecule has 0 spiro atoms. The number of carbonyl (C=O) groups excluding carboxylic acids is 1. The third-order valence-electron chi connectivity index (χ3n) is 4.10. The van der Waals surface area contributed by atoms with Gasteiger partial charge >= 0.3 is 5.97 Å². The van der Waals surface area contributed by atoms with Crippen molar-refractivity contribution in [2.75, 3.05) is 7.11 Å². The molecule has 0 aromatic heterocycles. The lowest BCUT2D eigenvalue weighted by atomic mass is 9.93. The number of carbonyl (C=O) groups is 2. The molecule has 1 aliphatic carbocycles. The highest BCUT2D eigenvalue weighted by Crippen LogP contribution is 2.34. The van der Waals surface area contributed by atoms with E-state index in [-0.39, 0.29) is 17.6 Å². The van der Waals surface area contributed by atoms with Crippen LogP contribution in [0.5, 0.6) is 5.75 Å². The van der Waals surface area contributed by atoms with E-state index in [9.17, 15) is 9.59 Å². The van der Waals surface area contributed by atoms with E-state index < -0.39 is 5.97 Å². The van der Waals surface area contributed by atoms with Crippen molar-refractivity contribution < 1.29 is 19.4 Å². The molecular weight excluding hydrogens is 256 g/mol. The Morgan fingerprint density at radius 3 is 2.15 bits per heavy atom. The summed E-state index contributed by atoms with van der Waals surface area (Å²) in [5.41, 5.74) is 2.53. The summed E-state index contributed by atoms with van der Waals surface area (Å²) in [5, 5.41) is 9.01. The van der Waals surface area contributed by atoms with Gasteiger partial charge < -0.3 is 9.84 Å². The average Bonchev–Trinajstić information content (AvgIpc) is 2.87. The maximum absolute atomic E-state index is 12.5. The number of carboxylic acid groups (broad SMARTS) is 1. The Kier molecular flexibility index (Phi) is 4.12. The molecule has 4 heteroatoms. The van der Waals surface area contributed by atoms with E-state index in [2.05, 4.69) is 0 Å². The van der Waals surface area contributed by atoms with Crippen LogP contribution >= 0.6 is 0 Å². The maximum Gasteiger partial charge on any atom is 0.306 e. The molecule has 0 saturated heterocycles. The zero-order chi connectivity index (χ0) is 14.9. The molecule has 1 aromatic carbocycles. The Balaban J connectivity index is 2.20. The van der Waals surface area contributed by atoms with Crippen LogP contribution < -0.4 is 4.74 Å². The van der Waals surface area contributed by atoms with Crippen LogP contribution in [0.3, 0.4) is 0 Å². The molecule has 1 aromatic rings. The zero-order valence-corrected chi connectivity index (χ0v) is 12.1. The molecule has 0 bridgehead atoms. The lowest BCUT2D eigenvalue weighted by molar-refractivity contribution is -0.141. The molecule has 0 aliphatic heterocycles. The Morgan fingerprint density at radius 1 is 1.15 bits per heavy atom. The molecule has 1 aliphatic rings. The number of rotatable bonds is 4. The van der Waals surface area contributed by atoms with Gasteiger partial charge in [-0.2, -0.15) is 0 Å². The summed E-state index contributed by atoms with van der Waals surface area (Å²) in [7, 11) is 1.62. The molecule has 0 heterocycles. The fourth-order valence-electron chi connectivity index (χ4n) is 3.09. The largest absolute Gasteiger partial charge is 0.496 e. The van der Waals surface area contributed by atoms with Gasteiger partial charge in [-0.3, -0.25) is 9.59 Å². The van der Waals surface area contributed by atoms with E-state index in [4.69, 9.17) is 9.84 Å². The molecule has 4 nitrogen and oxygen atoms in total. The molecule has 1 N–H and O–H groups in total. The van der Waals surface area contributed by atoms with Gasteiger partial charge in [-0.15, -0.1) is 0 Å². The van der Waals surface area contributed by atoms with Gasteiger partial charge in [0.15, 0.2) is 5.78 Å². The summed E-state index contributed by atoms with van der Waals surface area (Å²) in [6.45, 7) is 3.83. The summed E-state index contributed by atoms with van der Waals surface area (Å²) in [4.78, 5) is 23.5. The van der Waals surface area contributed by atoms with Gasteiger partial charge in [0, 0.05) is 11.5 Å². The number of Topliss-reactive ketones (excluding diaryl/α,β-unsaturated/α-hetero) is 1. The summed E-state index contributed by atoms with van der Waals surface area (Å²) >= 11 is 0. The highest BCUT2D eigenvalue weighted by molar-refractivity contribution is 5.99. The fraction of sp³-hybridized carbons (Fsp3) is 0.500. The van der Waals surface area contributed by atoms with E-state index in [1.807, 2.05) is 26.0 Å². The van der Waals surface area contributed by atoms with Gasteiger partial charge in [-0.25, -0.2) is 0 Å². The van der Waals surface area contributed by atoms with Gasteiger partial charge in [-0.1, -0.05) is 0 Å². The molecule has 20 heavy (non-hydrogen) atoms. The van der Waals surface area contributed by atoms with Gasteiger partial charge in [0.2, 0.25) is 0 Å². The highest BCUT2D eigenvalue weighted by Gasteiger charge is 2.34. The number of hydrogen-bond donors (Lipinski definition) is 1. The summed E-state index contributed by atoms with van der Waals surface area (Å²) in [6, 6.07) is 3.67. The number of aliphatic carboxylic acids is 1. The SMILES string of the molecule is COc1c(C)cc(C(=O)C2CCC(C(=O)O)C2)cc1C. The van der Waals surface area contributed by atoms with Crippen LogP contribution in [0.15, 0.2) is 12.1 Å². The van der Waals surface area contributed by atoms with E-state index in [1.54, 1.807) is 7.11 Å². The van der Waals surface area contributed by atoms with Crippen molar-refractivity contribution in [1.82, 2.24) is 0 Å². The highest BCUT2D eigenvalue weighted by atomic mass is 16.5. The fourth-order valence-corrected chi connectivity index (χ4v) is 3.09. The molecule has 2 rings (SSSR count). The molecule has 0 radical (unpaired) electrons. The quantitative estimate of drug-likeness (QED) is 0.859. The van der Waals surface area contributed by atoms with E-state index in [1.165, 1.54) is 0 Å². The van der Waals surface area contributed by atoms with Crippen molar-refractivity contribution in [1.29, 1.82) is 0 Å². The van der Waals surface area contributed by atoms with Crippen molar-refractivity contribution >= 4 is 11.8 Å². The lowest BCUT2D eigenvalue weighted by Crippen LogP contribution is -2.15. The van der Waals surface area contributed by atoms with E-state index in [0.29, 0.717) is 24.8 Å². The monoisotopic (exact) mass is 276 g/mol. The van der Waals surface area contributed by atoms with Crippen LogP contribution in [0.2, 0.25) is 0 Å². The van der Waals surface area contributed by atoms with Crippen molar-refractivity contribution in [3.8, 4) is 5.75 Å². The van der Waals surface area contributed by atoms with Gasteiger partial charge in [0.05, 0.1) is 13.0 Å². The minimum absolute atomic E-state index is 0.0580. The number of ether oxygens (including phenoxy) is 1. The summed E-state index contributed by atoms with van der Waals surface area (Å²) in [6.07, 6.45) is 1.72. The Morgan fingerprint density at radius 2 is 1.70 bits per heavy atom. The van der Waals surface area contributed by atoms with Crippen LogP contribution in [0.1, 0.15) is 40.7 Å². The first-order valence-corrected chi connectivity index (χ1v) is 6.86. The summed E-state index contributed by atoms with van der Waals surface area (Å²) < 4.78 is 5.30. The molecule has 108 valence electrons.